The fraction of sp³-hybridized carbons (Fsp3) is 0.267. The second kappa shape index (κ2) is 6.64. The molecule has 0 aliphatic carbocycles. The summed E-state index contributed by atoms with van der Waals surface area (Å²) in [6.45, 7) is 3.35. The summed E-state index contributed by atoms with van der Waals surface area (Å²) >= 11 is 0. The van der Waals surface area contributed by atoms with Crippen LogP contribution in [-0.2, 0) is 6.42 Å². The van der Waals surface area contributed by atoms with Crippen molar-refractivity contribution in [3.8, 4) is 0 Å². The SMILES string of the molecule is CCN(CCc1ccncc1)C(=O)c1ccccn1. The molecule has 0 aliphatic heterocycles. The van der Waals surface area contributed by atoms with Gasteiger partial charge >= 0.3 is 0 Å². The number of hydrogen-bond donors (Lipinski definition) is 0. The molecule has 0 saturated heterocycles. The molecule has 19 heavy (non-hydrogen) atoms. The fourth-order valence-electron chi connectivity index (χ4n) is 1.87. The van der Waals surface area contributed by atoms with E-state index in [-0.39, 0.29) is 5.91 Å². The van der Waals surface area contributed by atoms with E-state index in [4.69, 9.17) is 0 Å². The number of carbonyl (C=O) groups is 1. The lowest BCUT2D eigenvalue weighted by molar-refractivity contribution is 0.0760. The molecule has 0 radical (unpaired) electrons. The van der Waals surface area contributed by atoms with Crippen molar-refractivity contribution < 1.29 is 4.79 Å². The van der Waals surface area contributed by atoms with Crippen LogP contribution in [0.1, 0.15) is 23.0 Å². The smallest absolute Gasteiger partial charge is 0.272 e. The fourth-order valence-corrected chi connectivity index (χ4v) is 1.87. The lowest BCUT2D eigenvalue weighted by atomic mass is 10.2. The van der Waals surface area contributed by atoms with Gasteiger partial charge in [0.15, 0.2) is 0 Å². The van der Waals surface area contributed by atoms with Crippen LogP contribution >= 0.6 is 0 Å². The predicted octanol–water partition coefficient (Wildman–Crippen LogP) is 2.18. The number of likely N-dealkylation sites (N-methyl/N-ethyl adjacent to an activating group) is 1. The Morgan fingerprint density at radius 1 is 1.16 bits per heavy atom. The van der Waals surface area contributed by atoms with Crippen molar-refractivity contribution >= 4 is 5.91 Å². The van der Waals surface area contributed by atoms with E-state index in [9.17, 15) is 4.79 Å². The lowest BCUT2D eigenvalue weighted by Gasteiger charge is -2.20. The Kier molecular flexibility index (Phi) is 4.61. The predicted molar refractivity (Wildman–Crippen MR) is 73.8 cm³/mol. The molecule has 0 aliphatic rings. The average Bonchev–Trinajstić information content (AvgIpc) is 2.49. The van der Waals surface area contributed by atoms with E-state index in [0.29, 0.717) is 18.8 Å². The molecule has 2 rings (SSSR count). The Balaban J connectivity index is 1.99. The van der Waals surface area contributed by atoms with Gasteiger partial charge < -0.3 is 4.90 Å². The zero-order valence-corrected chi connectivity index (χ0v) is 11.0. The summed E-state index contributed by atoms with van der Waals surface area (Å²) in [4.78, 5) is 22.1. The van der Waals surface area contributed by atoms with Crippen LogP contribution < -0.4 is 0 Å². The number of nitrogens with zero attached hydrogens (tertiary/aromatic N) is 3. The molecular weight excluding hydrogens is 238 g/mol. The number of aromatic nitrogens is 2. The number of pyridine rings is 2. The van der Waals surface area contributed by atoms with E-state index < -0.39 is 0 Å². The quantitative estimate of drug-likeness (QED) is 0.822. The van der Waals surface area contributed by atoms with Gasteiger partial charge in [0.25, 0.3) is 5.91 Å². The van der Waals surface area contributed by atoms with Gasteiger partial charge in [0.1, 0.15) is 5.69 Å². The minimum atomic E-state index is -0.0165. The second-order valence-corrected chi connectivity index (χ2v) is 4.21. The third-order valence-corrected chi connectivity index (χ3v) is 2.97. The Morgan fingerprint density at radius 2 is 1.95 bits per heavy atom. The van der Waals surface area contributed by atoms with Crippen molar-refractivity contribution in [2.24, 2.45) is 0 Å². The summed E-state index contributed by atoms with van der Waals surface area (Å²) in [5, 5.41) is 0. The second-order valence-electron chi connectivity index (χ2n) is 4.21. The highest BCUT2D eigenvalue weighted by atomic mass is 16.2. The largest absolute Gasteiger partial charge is 0.337 e. The van der Waals surface area contributed by atoms with Crippen LogP contribution in [0.15, 0.2) is 48.9 Å². The molecule has 2 aromatic heterocycles. The first-order valence-electron chi connectivity index (χ1n) is 6.40. The molecule has 1 amide bonds. The molecule has 0 atom stereocenters. The molecule has 4 nitrogen and oxygen atoms in total. The molecule has 0 aromatic carbocycles. The average molecular weight is 255 g/mol. The number of hydrogen-bond acceptors (Lipinski definition) is 3. The molecule has 0 fully saturated rings. The maximum absolute atomic E-state index is 12.2. The van der Waals surface area contributed by atoms with Gasteiger partial charge in [0.05, 0.1) is 0 Å². The number of amides is 1. The van der Waals surface area contributed by atoms with E-state index in [1.807, 2.05) is 36.1 Å². The Labute approximate surface area is 113 Å². The van der Waals surface area contributed by atoms with Gasteiger partial charge in [-0.2, -0.15) is 0 Å². The van der Waals surface area contributed by atoms with Crippen molar-refractivity contribution in [2.75, 3.05) is 13.1 Å². The van der Waals surface area contributed by atoms with Gasteiger partial charge in [0, 0.05) is 31.7 Å². The van der Waals surface area contributed by atoms with Crippen LogP contribution in [0.25, 0.3) is 0 Å². The maximum atomic E-state index is 12.2. The van der Waals surface area contributed by atoms with Crippen molar-refractivity contribution in [3.63, 3.8) is 0 Å². The van der Waals surface area contributed by atoms with Gasteiger partial charge in [-0.05, 0) is 43.2 Å². The molecule has 0 N–H and O–H groups in total. The van der Waals surface area contributed by atoms with Crippen molar-refractivity contribution in [3.05, 3.63) is 60.2 Å². The first kappa shape index (κ1) is 13.2. The third kappa shape index (κ3) is 3.61. The topological polar surface area (TPSA) is 46.1 Å². The maximum Gasteiger partial charge on any atom is 0.272 e. The van der Waals surface area contributed by atoms with Crippen LogP contribution in [-0.4, -0.2) is 33.9 Å². The molecule has 0 bridgehead atoms. The summed E-state index contributed by atoms with van der Waals surface area (Å²) in [7, 11) is 0. The molecular formula is C15H17N3O. The van der Waals surface area contributed by atoms with E-state index in [0.717, 1.165) is 6.42 Å². The van der Waals surface area contributed by atoms with Crippen molar-refractivity contribution in [1.29, 1.82) is 0 Å². The molecule has 0 spiro atoms. The molecule has 98 valence electrons. The molecule has 0 saturated carbocycles. The van der Waals surface area contributed by atoms with Crippen molar-refractivity contribution in [2.45, 2.75) is 13.3 Å². The highest BCUT2D eigenvalue weighted by molar-refractivity contribution is 5.92. The monoisotopic (exact) mass is 255 g/mol. The highest BCUT2D eigenvalue weighted by Crippen LogP contribution is 2.04. The number of rotatable bonds is 5. The summed E-state index contributed by atoms with van der Waals surface area (Å²) in [6, 6.07) is 9.33. The molecule has 2 aromatic rings. The zero-order chi connectivity index (χ0) is 13.5. The van der Waals surface area contributed by atoms with Crippen LogP contribution in [0.5, 0.6) is 0 Å². The first-order valence-corrected chi connectivity index (χ1v) is 6.40. The van der Waals surface area contributed by atoms with E-state index in [1.54, 1.807) is 24.7 Å². The highest BCUT2D eigenvalue weighted by Gasteiger charge is 2.14. The molecule has 2 heterocycles. The normalized spacial score (nSPS) is 10.2. The number of carbonyl (C=O) groups excluding carboxylic acids is 1. The van der Waals surface area contributed by atoms with Gasteiger partial charge in [0.2, 0.25) is 0 Å². The van der Waals surface area contributed by atoms with E-state index in [1.165, 1.54) is 5.56 Å². The molecule has 0 unspecified atom stereocenters. The molecule has 4 heteroatoms. The van der Waals surface area contributed by atoms with Crippen LogP contribution in [0, 0.1) is 0 Å². The minimum Gasteiger partial charge on any atom is -0.337 e. The van der Waals surface area contributed by atoms with Crippen LogP contribution in [0.3, 0.4) is 0 Å². The van der Waals surface area contributed by atoms with Gasteiger partial charge in [-0.25, -0.2) is 0 Å². The summed E-state index contributed by atoms with van der Waals surface area (Å²) in [5.74, 6) is -0.0165. The van der Waals surface area contributed by atoms with E-state index >= 15 is 0 Å². The lowest BCUT2D eigenvalue weighted by Crippen LogP contribution is -2.33. The van der Waals surface area contributed by atoms with Crippen LogP contribution in [0.4, 0.5) is 0 Å². The zero-order valence-electron chi connectivity index (χ0n) is 11.0. The summed E-state index contributed by atoms with van der Waals surface area (Å²) < 4.78 is 0. The summed E-state index contributed by atoms with van der Waals surface area (Å²) in [6.07, 6.45) is 6.01. The third-order valence-electron chi connectivity index (χ3n) is 2.97. The van der Waals surface area contributed by atoms with Gasteiger partial charge in [-0.1, -0.05) is 6.07 Å². The van der Waals surface area contributed by atoms with Gasteiger partial charge in [-0.3, -0.25) is 14.8 Å². The van der Waals surface area contributed by atoms with Gasteiger partial charge in [-0.15, -0.1) is 0 Å². The standard InChI is InChI=1S/C15H17N3O/c1-2-18(12-8-13-6-10-16-11-7-13)15(19)14-5-3-4-9-17-14/h3-7,9-11H,2,8,12H2,1H3. The van der Waals surface area contributed by atoms with E-state index in [2.05, 4.69) is 9.97 Å². The summed E-state index contributed by atoms with van der Waals surface area (Å²) in [5.41, 5.74) is 1.68. The minimum absolute atomic E-state index is 0.0165. The van der Waals surface area contributed by atoms with Crippen LogP contribution in [0.2, 0.25) is 0 Å². The first-order chi connectivity index (χ1) is 9.31. The Hall–Kier alpha value is -2.23. The Morgan fingerprint density at radius 3 is 2.58 bits per heavy atom. The van der Waals surface area contributed by atoms with Crippen molar-refractivity contribution in [1.82, 2.24) is 14.9 Å². The Bertz CT molecular complexity index is 513.